The van der Waals surface area contributed by atoms with E-state index in [1.807, 2.05) is 6.08 Å². The minimum atomic E-state index is 0.514. The summed E-state index contributed by atoms with van der Waals surface area (Å²) in [5.74, 6) is 0. The summed E-state index contributed by atoms with van der Waals surface area (Å²) >= 11 is 0. The lowest BCUT2D eigenvalue weighted by Crippen LogP contribution is -2.33. The first kappa shape index (κ1) is 15.7. The predicted molar refractivity (Wildman–Crippen MR) is 78.0 cm³/mol. The molecule has 0 aromatic heterocycles. The average molecular weight is 254 g/mol. The van der Waals surface area contributed by atoms with Crippen LogP contribution in [0.25, 0.3) is 0 Å². The molecule has 1 rings (SSSR count). The summed E-state index contributed by atoms with van der Waals surface area (Å²) in [5.41, 5.74) is 0. The molecule has 1 saturated carbocycles. The highest BCUT2D eigenvalue weighted by Crippen LogP contribution is 2.21. The van der Waals surface area contributed by atoms with Crippen molar-refractivity contribution < 1.29 is 4.74 Å². The average Bonchev–Trinajstić information content (AvgIpc) is 2.39. The summed E-state index contributed by atoms with van der Waals surface area (Å²) in [4.78, 5) is 2.30. The number of hydrogen-bond acceptors (Lipinski definition) is 3. The topological polar surface area (TPSA) is 24.5 Å². The molecule has 0 aliphatic heterocycles. The van der Waals surface area contributed by atoms with Crippen LogP contribution < -0.4 is 5.32 Å². The second-order valence-corrected chi connectivity index (χ2v) is 5.39. The minimum absolute atomic E-state index is 0.514. The van der Waals surface area contributed by atoms with E-state index in [1.165, 1.54) is 38.5 Å². The van der Waals surface area contributed by atoms with E-state index in [0.29, 0.717) is 6.10 Å². The highest BCUT2D eigenvalue weighted by Gasteiger charge is 2.19. The van der Waals surface area contributed by atoms with Crippen molar-refractivity contribution in [2.75, 3.05) is 33.8 Å². The second kappa shape index (κ2) is 9.54. The first-order valence-electron chi connectivity index (χ1n) is 7.34. The third-order valence-corrected chi connectivity index (χ3v) is 3.81. The molecule has 0 saturated heterocycles. The summed E-state index contributed by atoms with van der Waals surface area (Å²) < 4.78 is 5.95. The molecular formula is C15H30N2O. The second-order valence-electron chi connectivity index (χ2n) is 5.39. The van der Waals surface area contributed by atoms with Gasteiger partial charge in [-0.05, 0) is 59.2 Å². The van der Waals surface area contributed by atoms with Gasteiger partial charge in [0.15, 0.2) is 0 Å². The number of unbranched alkanes of at least 4 members (excludes halogenated alkanes) is 1. The van der Waals surface area contributed by atoms with Crippen molar-refractivity contribution in [3.8, 4) is 0 Å². The van der Waals surface area contributed by atoms with Crippen LogP contribution in [0.15, 0.2) is 12.7 Å². The Labute approximate surface area is 113 Å². The van der Waals surface area contributed by atoms with E-state index in [-0.39, 0.29) is 0 Å². The van der Waals surface area contributed by atoms with Crippen molar-refractivity contribution in [1.29, 1.82) is 0 Å². The Hall–Kier alpha value is -0.380. The quantitative estimate of drug-likeness (QED) is 0.505. The Bertz CT molecular complexity index is 213. The molecule has 0 spiro atoms. The van der Waals surface area contributed by atoms with Gasteiger partial charge in [-0.3, -0.25) is 0 Å². The van der Waals surface area contributed by atoms with E-state index in [4.69, 9.17) is 4.74 Å². The predicted octanol–water partition coefficient (Wildman–Crippen LogP) is 2.43. The molecule has 3 heteroatoms. The van der Waals surface area contributed by atoms with Crippen molar-refractivity contribution in [3.63, 3.8) is 0 Å². The molecule has 1 aliphatic carbocycles. The van der Waals surface area contributed by atoms with Crippen LogP contribution in [0, 0.1) is 0 Å². The van der Waals surface area contributed by atoms with Gasteiger partial charge in [-0.15, -0.1) is 6.58 Å². The number of hydrogen-bond donors (Lipinski definition) is 1. The van der Waals surface area contributed by atoms with E-state index >= 15 is 0 Å². The molecule has 18 heavy (non-hydrogen) atoms. The van der Waals surface area contributed by atoms with Crippen LogP contribution in [-0.2, 0) is 4.74 Å². The zero-order valence-electron chi connectivity index (χ0n) is 12.2. The lowest BCUT2D eigenvalue weighted by atomic mass is 9.93. The summed E-state index contributed by atoms with van der Waals surface area (Å²) in [6.07, 6.45) is 9.84. The van der Waals surface area contributed by atoms with Crippen LogP contribution >= 0.6 is 0 Å². The van der Waals surface area contributed by atoms with Gasteiger partial charge in [0, 0.05) is 19.2 Å². The Kier molecular flexibility index (Phi) is 8.31. The number of rotatable bonds is 9. The van der Waals surface area contributed by atoms with E-state index < -0.39 is 0 Å². The van der Waals surface area contributed by atoms with Gasteiger partial charge in [0.25, 0.3) is 0 Å². The fourth-order valence-corrected chi connectivity index (χ4v) is 2.56. The molecule has 0 atom stereocenters. The molecule has 3 nitrogen and oxygen atoms in total. The molecule has 1 aliphatic rings. The summed E-state index contributed by atoms with van der Waals surface area (Å²) in [6.45, 7) is 6.80. The van der Waals surface area contributed by atoms with Gasteiger partial charge >= 0.3 is 0 Å². The van der Waals surface area contributed by atoms with Crippen molar-refractivity contribution in [2.45, 2.75) is 50.7 Å². The smallest absolute Gasteiger partial charge is 0.0576 e. The molecular weight excluding hydrogens is 224 g/mol. The molecule has 106 valence electrons. The summed E-state index contributed by atoms with van der Waals surface area (Å²) in [5, 5.41) is 3.36. The summed E-state index contributed by atoms with van der Waals surface area (Å²) in [7, 11) is 4.20. The molecule has 0 radical (unpaired) electrons. The van der Waals surface area contributed by atoms with Crippen LogP contribution in [0.1, 0.15) is 38.5 Å². The molecule has 1 N–H and O–H groups in total. The molecule has 0 amide bonds. The van der Waals surface area contributed by atoms with Crippen LogP contribution in [0.4, 0.5) is 0 Å². The number of ether oxygens (including phenoxy) is 1. The maximum atomic E-state index is 5.95. The van der Waals surface area contributed by atoms with Crippen molar-refractivity contribution in [2.24, 2.45) is 0 Å². The van der Waals surface area contributed by atoms with Crippen LogP contribution in [-0.4, -0.2) is 50.8 Å². The summed E-state index contributed by atoms with van der Waals surface area (Å²) in [6, 6.07) is 0.720. The number of likely N-dealkylation sites (N-methyl/N-ethyl adjacent to an activating group) is 1. The van der Waals surface area contributed by atoms with Gasteiger partial charge in [0.1, 0.15) is 0 Å². The SMILES string of the molecule is C=CCN(C)CCCCOC1CCC(NC)CC1. The lowest BCUT2D eigenvalue weighted by molar-refractivity contribution is 0.0206. The van der Waals surface area contributed by atoms with Crippen LogP contribution in [0.2, 0.25) is 0 Å². The third kappa shape index (κ3) is 6.53. The normalized spacial score (nSPS) is 24.4. The zero-order chi connectivity index (χ0) is 13.2. The zero-order valence-corrected chi connectivity index (χ0v) is 12.2. The highest BCUT2D eigenvalue weighted by molar-refractivity contribution is 4.76. The van der Waals surface area contributed by atoms with Crippen molar-refractivity contribution in [3.05, 3.63) is 12.7 Å². The molecule has 1 fully saturated rings. The van der Waals surface area contributed by atoms with E-state index in [2.05, 4.69) is 30.9 Å². The lowest BCUT2D eigenvalue weighted by Gasteiger charge is -2.28. The number of nitrogens with zero attached hydrogens (tertiary/aromatic N) is 1. The third-order valence-electron chi connectivity index (χ3n) is 3.81. The standard InChI is InChI=1S/C15H30N2O/c1-4-11-17(3)12-5-6-13-18-15-9-7-14(16-2)8-10-15/h4,14-16H,1,5-13H2,2-3H3. The maximum absolute atomic E-state index is 5.95. The van der Waals surface area contributed by atoms with Gasteiger partial charge in [0.05, 0.1) is 6.10 Å². The minimum Gasteiger partial charge on any atom is -0.378 e. The fraction of sp³-hybridized carbons (Fsp3) is 0.867. The molecule has 0 bridgehead atoms. The maximum Gasteiger partial charge on any atom is 0.0576 e. The monoisotopic (exact) mass is 254 g/mol. The van der Waals surface area contributed by atoms with Gasteiger partial charge in [-0.25, -0.2) is 0 Å². The van der Waals surface area contributed by atoms with E-state index in [1.54, 1.807) is 0 Å². The first-order chi connectivity index (χ1) is 8.76. The van der Waals surface area contributed by atoms with Gasteiger partial charge < -0.3 is 15.0 Å². The molecule has 0 aromatic rings. The Morgan fingerprint density at radius 3 is 2.61 bits per heavy atom. The number of nitrogens with one attached hydrogen (secondary N) is 1. The molecule has 0 unspecified atom stereocenters. The molecule has 0 aromatic carbocycles. The van der Waals surface area contributed by atoms with E-state index in [0.717, 1.165) is 25.7 Å². The van der Waals surface area contributed by atoms with Gasteiger partial charge in [0.2, 0.25) is 0 Å². The Morgan fingerprint density at radius 2 is 2.00 bits per heavy atom. The van der Waals surface area contributed by atoms with Gasteiger partial charge in [-0.2, -0.15) is 0 Å². The fourth-order valence-electron chi connectivity index (χ4n) is 2.56. The molecule has 0 heterocycles. The van der Waals surface area contributed by atoms with Crippen molar-refractivity contribution >= 4 is 0 Å². The Morgan fingerprint density at radius 1 is 1.28 bits per heavy atom. The highest BCUT2D eigenvalue weighted by atomic mass is 16.5. The van der Waals surface area contributed by atoms with Crippen LogP contribution in [0.3, 0.4) is 0 Å². The first-order valence-corrected chi connectivity index (χ1v) is 7.34. The van der Waals surface area contributed by atoms with Crippen LogP contribution in [0.5, 0.6) is 0 Å². The largest absolute Gasteiger partial charge is 0.378 e. The Balaban J connectivity index is 1.94. The van der Waals surface area contributed by atoms with Gasteiger partial charge in [-0.1, -0.05) is 6.08 Å². The van der Waals surface area contributed by atoms with Crippen molar-refractivity contribution in [1.82, 2.24) is 10.2 Å². The van der Waals surface area contributed by atoms with E-state index in [9.17, 15) is 0 Å².